The Morgan fingerprint density at radius 1 is 1.29 bits per heavy atom. The highest BCUT2D eigenvalue weighted by molar-refractivity contribution is 14.1. The number of nitrogens with zero attached hydrogens (tertiary/aromatic N) is 1. The maximum absolute atomic E-state index is 12.3. The molecule has 0 atom stereocenters. The molecule has 162 valence electrons. The fraction of sp³-hybridized carbons (Fsp3) is 0.227. The van der Waals surface area contributed by atoms with Gasteiger partial charge in [0.1, 0.15) is 0 Å². The number of aryl methyl sites for hydroxylation is 1. The summed E-state index contributed by atoms with van der Waals surface area (Å²) in [5.41, 5.74) is 2.57. The molecule has 0 fully saturated rings. The van der Waals surface area contributed by atoms with E-state index in [9.17, 15) is 9.59 Å². The van der Waals surface area contributed by atoms with Gasteiger partial charge in [0, 0.05) is 10.0 Å². The number of hydrogen-bond donors (Lipinski definition) is 0. The van der Waals surface area contributed by atoms with Gasteiger partial charge in [0.05, 0.1) is 17.3 Å². The summed E-state index contributed by atoms with van der Waals surface area (Å²) in [6, 6.07) is 9.08. The number of hydrogen-bond acceptors (Lipinski definition) is 7. The number of aliphatic imine (C=N–C) groups is 1. The highest BCUT2D eigenvalue weighted by atomic mass is 127. The van der Waals surface area contributed by atoms with Gasteiger partial charge in [-0.3, -0.25) is 0 Å². The molecule has 1 aliphatic heterocycles. The summed E-state index contributed by atoms with van der Waals surface area (Å²) in [6.07, 6.45) is 1.61. The Balaban J connectivity index is 1.87. The van der Waals surface area contributed by atoms with Crippen LogP contribution in [0.5, 0.6) is 11.5 Å². The lowest BCUT2D eigenvalue weighted by Crippen LogP contribution is -2.15. The number of cyclic esters (lactones) is 1. The molecule has 0 saturated carbocycles. The predicted octanol–water partition coefficient (Wildman–Crippen LogP) is 4.66. The standard InChI is InChI=1S/C22H19BrINO6/c1-4-29-19(26)11-30-20-16(24)8-13(10-18(20)28-3)9-17-22(27)31-21(25-17)14-5-6-15(23)12(2)7-14/h5-10H,4,11H2,1-3H3. The normalized spacial score (nSPS) is 14.3. The van der Waals surface area contributed by atoms with E-state index in [4.69, 9.17) is 18.9 Å². The average Bonchev–Trinajstić information content (AvgIpc) is 3.09. The van der Waals surface area contributed by atoms with E-state index in [-0.39, 0.29) is 24.8 Å². The van der Waals surface area contributed by atoms with E-state index in [0.29, 0.717) is 26.2 Å². The number of esters is 2. The summed E-state index contributed by atoms with van der Waals surface area (Å²) in [6.45, 7) is 3.72. The van der Waals surface area contributed by atoms with Gasteiger partial charge in [-0.1, -0.05) is 15.9 Å². The number of rotatable bonds is 7. The molecule has 0 unspecified atom stereocenters. The molecule has 3 rings (SSSR count). The van der Waals surface area contributed by atoms with Crippen molar-refractivity contribution in [3.05, 3.63) is 60.8 Å². The van der Waals surface area contributed by atoms with E-state index in [1.807, 2.05) is 25.1 Å². The zero-order valence-corrected chi connectivity index (χ0v) is 20.8. The highest BCUT2D eigenvalue weighted by Crippen LogP contribution is 2.35. The molecule has 7 nitrogen and oxygen atoms in total. The van der Waals surface area contributed by atoms with E-state index in [0.717, 1.165) is 10.0 Å². The summed E-state index contributed by atoms with van der Waals surface area (Å²) in [4.78, 5) is 28.3. The Hall–Kier alpha value is -2.40. The van der Waals surface area contributed by atoms with Crippen molar-refractivity contribution in [1.82, 2.24) is 0 Å². The predicted molar refractivity (Wildman–Crippen MR) is 127 cm³/mol. The summed E-state index contributed by atoms with van der Waals surface area (Å²) in [5.74, 6) is 0.0874. The Bertz CT molecular complexity index is 1100. The Labute approximate surface area is 201 Å². The molecular weight excluding hydrogens is 581 g/mol. The molecule has 1 heterocycles. The number of carbonyl (C=O) groups excluding carboxylic acids is 2. The molecule has 0 N–H and O–H groups in total. The zero-order chi connectivity index (χ0) is 22.5. The second kappa shape index (κ2) is 10.3. The first-order chi connectivity index (χ1) is 14.8. The topological polar surface area (TPSA) is 83.4 Å². The molecule has 0 saturated heterocycles. The monoisotopic (exact) mass is 599 g/mol. The fourth-order valence-electron chi connectivity index (χ4n) is 2.77. The quantitative estimate of drug-likeness (QED) is 0.262. The van der Waals surface area contributed by atoms with Crippen molar-refractivity contribution in [1.29, 1.82) is 0 Å². The van der Waals surface area contributed by atoms with Gasteiger partial charge < -0.3 is 18.9 Å². The summed E-state index contributed by atoms with van der Waals surface area (Å²) >= 11 is 5.52. The van der Waals surface area contributed by atoms with Crippen molar-refractivity contribution in [2.45, 2.75) is 13.8 Å². The number of carbonyl (C=O) groups is 2. The van der Waals surface area contributed by atoms with Crippen LogP contribution in [0.4, 0.5) is 0 Å². The van der Waals surface area contributed by atoms with Crippen LogP contribution in [0.15, 0.2) is 45.5 Å². The number of benzene rings is 2. The second-order valence-electron chi connectivity index (χ2n) is 6.43. The van der Waals surface area contributed by atoms with Gasteiger partial charge in [-0.15, -0.1) is 0 Å². The third-order valence-corrected chi connectivity index (χ3v) is 5.91. The van der Waals surface area contributed by atoms with E-state index in [2.05, 4.69) is 43.5 Å². The maximum atomic E-state index is 12.3. The molecule has 2 aromatic carbocycles. The molecule has 2 aromatic rings. The van der Waals surface area contributed by atoms with Crippen molar-refractivity contribution in [2.75, 3.05) is 20.3 Å². The van der Waals surface area contributed by atoms with Crippen LogP contribution in [0.25, 0.3) is 6.08 Å². The minimum absolute atomic E-state index is 0.175. The molecule has 0 aromatic heterocycles. The van der Waals surface area contributed by atoms with Gasteiger partial charge in [-0.2, -0.15) is 0 Å². The maximum Gasteiger partial charge on any atom is 0.363 e. The molecule has 0 radical (unpaired) electrons. The Morgan fingerprint density at radius 3 is 2.74 bits per heavy atom. The Kier molecular flexibility index (Phi) is 7.71. The summed E-state index contributed by atoms with van der Waals surface area (Å²) < 4.78 is 22.8. The largest absolute Gasteiger partial charge is 0.493 e. The van der Waals surface area contributed by atoms with E-state index < -0.39 is 11.9 Å². The van der Waals surface area contributed by atoms with E-state index >= 15 is 0 Å². The van der Waals surface area contributed by atoms with Crippen LogP contribution in [0.2, 0.25) is 0 Å². The molecule has 0 aliphatic carbocycles. The number of ether oxygens (including phenoxy) is 4. The number of halogens is 2. The van der Waals surface area contributed by atoms with Crippen LogP contribution in [-0.4, -0.2) is 38.2 Å². The number of methoxy groups -OCH3 is 1. The van der Waals surface area contributed by atoms with Crippen LogP contribution < -0.4 is 9.47 Å². The van der Waals surface area contributed by atoms with Crippen LogP contribution in [-0.2, 0) is 19.1 Å². The lowest BCUT2D eigenvalue weighted by molar-refractivity contribution is -0.145. The van der Waals surface area contributed by atoms with Crippen LogP contribution in [0.3, 0.4) is 0 Å². The SMILES string of the molecule is CCOC(=O)COc1c(I)cc(C=C2N=C(c3ccc(Br)c(C)c3)OC2=O)cc1OC. The van der Waals surface area contributed by atoms with Crippen LogP contribution >= 0.6 is 38.5 Å². The zero-order valence-electron chi connectivity index (χ0n) is 17.0. The second-order valence-corrected chi connectivity index (χ2v) is 8.44. The van der Waals surface area contributed by atoms with Gasteiger partial charge in [0.15, 0.2) is 23.8 Å². The molecule has 0 spiro atoms. The van der Waals surface area contributed by atoms with Crippen LogP contribution in [0, 0.1) is 10.5 Å². The first-order valence-corrected chi connectivity index (χ1v) is 11.1. The smallest absolute Gasteiger partial charge is 0.363 e. The fourth-order valence-corrected chi connectivity index (χ4v) is 3.79. The van der Waals surface area contributed by atoms with E-state index in [1.165, 1.54) is 7.11 Å². The molecule has 31 heavy (non-hydrogen) atoms. The van der Waals surface area contributed by atoms with Crippen molar-refractivity contribution in [3.8, 4) is 11.5 Å². The van der Waals surface area contributed by atoms with Gasteiger partial charge in [-0.05, 0) is 84.0 Å². The third kappa shape index (κ3) is 5.65. The van der Waals surface area contributed by atoms with E-state index in [1.54, 1.807) is 25.1 Å². The molecule has 0 amide bonds. The van der Waals surface area contributed by atoms with Crippen molar-refractivity contribution in [2.24, 2.45) is 4.99 Å². The molecule has 0 bridgehead atoms. The average molecular weight is 600 g/mol. The van der Waals surface area contributed by atoms with Crippen molar-refractivity contribution < 1.29 is 28.5 Å². The first-order valence-electron chi connectivity index (χ1n) is 9.27. The summed E-state index contributed by atoms with van der Waals surface area (Å²) in [5, 5.41) is 0. The van der Waals surface area contributed by atoms with Crippen LogP contribution in [0.1, 0.15) is 23.6 Å². The molecule has 1 aliphatic rings. The highest BCUT2D eigenvalue weighted by Gasteiger charge is 2.25. The third-order valence-electron chi connectivity index (χ3n) is 4.22. The first kappa shape index (κ1) is 23.3. The minimum atomic E-state index is -0.535. The lowest BCUT2D eigenvalue weighted by Gasteiger charge is -2.13. The molecular formula is C22H19BrINO6. The summed E-state index contributed by atoms with van der Waals surface area (Å²) in [7, 11) is 1.50. The Morgan fingerprint density at radius 2 is 2.06 bits per heavy atom. The minimum Gasteiger partial charge on any atom is -0.493 e. The van der Waals surface area contributed by atoms with Gasteiger partial charge in [0.25, 0.3) is 0 Å². The van der Waals surface area contributed by atoms with Crippen molar-refractivity contribution >= 4 is 62.4 Å². The van der Waals surface area contributed by atoms with Gasteiger partial charge in [-0.25, -0.2) is 14.6 Å². The lowest BCUT2D eigenvalue weighted by atomic mass is 10.1. The van der Waals surface area contributed by atoms with Gasteiger partial charge in [0.2, 0.25) is 5.90 Å². The van der Waals surface area contributed by atoms with Gasteiger partial charge >= 0.3 is 11.9 Å². The van der Waals surface area contributed by atoms with Crippen molar-refractivity contribution in [3.63, 3.8) is 0 Å². The molecule has 9 heteroatoms.